The van der Waals surface area contributed by atoms with Crippen molar-refractivity contribution in [3.8, 4) is 0 Å². The topological polar surface area (TPSA) is 80.9 Å². The van der Waals surface area contributed by atoms with E-state index < -0.39 is 0 Å². The Morgan fingerprint density at radius 3 is 2.33 bits per heavy atom. The molecule has 3 N–H and O–H groups in total. The average Bonchev–Trinajstić information content (AvgIpc) is 2.37. The van der Waals surface area contributed by atoms with Gasteiger partial charge in [-0.05, 0) is 12.8 Å². The zero-order valence-corrected chi connectivity index (χ0v) is 12.2. The van der Waals surface area contributed by atoms with Crippen LogP contribution in [0.25, 0.3) is 0 Å². The molecule has 0 aliphatic heterocycles. The molecule has 0 fully saturated rings. The number of aromatic nitrogens is 2. The van der Waals surface area contributed by atoms with Gasteiger partial charge in [0.2, 0.25) is 0 Å². The molecule has 0 atom stereocenters. The van der Waals surface area contributed by atoms with Crippen LogP contribution in [-0.4, -0.2) is 28.0 Å². The van der Waals surface area contributed by atoms with Gasteiger partial charge in [-0.1, -0.05) is 13.8 Å². The van der Waals surface area contributed by atoms with Crippen LogP contribution in [0.15, 0.2) is 18.6 Å². The van der Waals surface area contributed by atoms with E-state index in [0.29, 0.717) is 12.2 Å². The molecule has 18 heavy (non-hydrogen) atoms. The molecule has 1 rings (SSSR count). The molecule has 0 radical (unpaired) electrons. The average molecular weight is 295 g/mol. The summed E-state index contributed by atoms with van der Waals surface area (Å²) < 4.78 is 0. The van der Waals surface area contributed by atoms with Crippen molar-refractivity contribution in [2.75, 3.05) is 6.54 Å². The first kappa shape index (κ1) is 19.4. The fourth-order valence-corrected chi connectivity index (χ4v) is 1.49. The number of nitrogens with one attached hydrogen (secondary N) is 1. The number of nitrogens with two attached hydrogens (primary N) is 1. The summed E-state index contributed by atoms with van der Waals surface area (Å²) in [6.45, 7) is 4.44. The van der Waals surface area contributed by atoms with Crippen LogP contribution < -0.4 is 11.1 Å². The highest BCUT2D eigenvalue weighted by atomic mass is 35.5. The molecule has 0 unspecified atom stereocenters. The largest absolute Gasteiger partial charge is 0.344 e. The van der Waals surface area contributed by atoms with Crippen molar-refractivity contribution >= 4 is 30.7 Å². The maximum absolute atomic E-state index is 11.9. The lowest BCUT2D eigenvalue weighted by atomic mass is 9.93. The molecule has 104 valence electrons. The molecule has 0 saturated heterocycles. The van der Waals surface area contributed by atoms with Crippen LogP contribution in [0.2, 0.25) is 0 Å². The Hall–Kier alpha value is -0.910. The Morgan fingerprint density at radius 1 is 1.33 bits per heavy atom. The van der Waals surface area contributed by atoms with Gasteiger partial charge in [0.15, 0.2) is 0 Å². The molecule has 0 saturated carbocycles. The Balaban J connectivity index is 0. The van der Waals surface area contributed by atoms with E-state index in [-0.39, 0.29) is 36.3 Å². The van der Waals surface area contributed by atoms with Crippen molar-refractivity contribution in [3.05, 3.63) is 24.3 Å². The van der Waals surface area contributed by atoms with E-state index in [1.54, 1.807) is 0 Å². The number of nitrogens with zero attached hydrogens (tertiary/aromatic N) is 2. The lowest BCUT2D eigenvalue weighted by Gasteiger charge is -2.31. The third kappa shape index (κ3) is 4.76. The van der Waals surface area contributed by atoms with Crippen LogP contribution in [0.4, 0.5) is 0 Å². The summed E-state index contributed by atoms with van der Waals surface area (Å²) >= 11 is 0. The molecule has 0 spiro atoms. The summed E-state index contributed by atoms with van der Waals surface area (Å²) in [6.07, 6.45) is 6.07. The van der Waals surface area contributed by atoms with E-state index in [0.717, 1.165) is 12.8 Å². The number of hydrogen-bond donors (Lipinski definition) is 2. The fraction of sp³-hybridized carbons (Fsp3) is 0.545. The molecule has 0 aliphatic carbocycles. The summed E-state index contributed by atoms with van der Waals surface area (Å²) in [7, 11) is 0. The van der Waals surface area contributed by atoms with Crippen LogP contribution in [-0.2, 0) is 0 Å². The second kappa shape index (κ2) is 9.08. The summed E-state index contributed by atoms with van der Waals surface area (Å²) in [6, 6.07) is 0. The summed E-state index contributed by atoms with van der Waals surface area (Å²) in [4.78, 5) is 19.7. The zero-order valence-electron chi connectivity index (χ0n) is 10.5. The lowest BCUT2D eigenvalue weighted by Crippen LogP contribution is -2.53. The highest BCUT2D eigenvalue weighted by Crippen LogP contribution is 2.13. The molecular formula is C11H20Cl2N4O. The summed E-state index contributed by atoms with van der Waals surface area (Å²) in [5.41, 5.74) is 5.69. The Bertz CT molecular complexity index is 336. The van der Waals surface area contributed by atoms with E-state index in [2.05, 4.69) is 15.3 Å². The van der Waals surface area contributed by atoms with Crippen molar-refractivity contribution in [2.45, 2.75) is 32.2 Å². The van der Waals surface area contributed by atoms with Crippen molar-refractivity contribution in [1.29, 1.82) is 0 Å². The Morgan fingerprint density at radius 2 is 1.94 bits per heavy atom. The minimum Gasteiger partial charge on any atom is -0.344 e. The molecule has 1 amide bonds. The number of carbonyl (C=O) groups excluding carboxylic acids is 1. The molecule has 7 heteroatoms. The summed E-state index contributed by atoms with van der Waals surface area (Å²) in [5, 5.41) is 2.93. The molecular weight excluding hydrogens is 275 g/mol. The van der Waals surface area contributed by atoms with Gasteiger partial charge >= 0.3 is 0 Å². The quantitative estimate of drug-likeness (QED) is 0.864. The first-order valence-corrected chi connectivity index (χ1v) is 5.46. The van der Waals surface area contributed by atoms with E-state index in [4.69, 9.17) is 5.73 Å². The molecule has 0 bridgehead atoms. The third-order valence-corrected chi connectivity index (χ3v) is 2.92. The van der Waals surface area contributed by atoms with Gasteiger partial charge < -0.3 is 11.1 Å². The van der Waals surface area contributed by atoms with Crippen molar-refractivity contribution < 1.29 is 4.79 Å². The first-order valence-electron chi connectivity index (χ1n) is 5.46. The standard InChI is InChI=1S/C11H18N4O.2ClH/c1-3-11(4-2,8-12)15-10(16)9-7-13-5-6-14-9;;/h5-7H,3-4,8,12H2,1-2H3,(H,15,16);2*1H. The molecule has 1 heterocycles. The van der Waals surface area contributed by atoms with Gasteiger partial charge in [-0.2, -0.15) is 0 Å². The maximum Gasteiger partial charge on any atom is 0.271 e. The number of halogens is 2. The van der Waals surface area contributed by atoms with E-state index in [1.165, 1.54) is 18.6 Å². The van der Waals surface area contributed by atoms with Crippen LogP contribution in [0.3, 0.4) is 0 Å². The smallest absolute Gasteiger partial charge is 0.271 e. The van der Waals surface area contributed by atoms with Gasteiger partial charge in [0.25, 0.3) is 5.91 Å². The van der Waals surface area contributed by atoms with Gasteiger partial charge in [-0.3, -0.25) is 9.78 Å². The van der Waals surface area contributed by atoms with Crippen molar-refractivity contribution in [2.24, 2.45) is 5.73 Å². The van der Waals surface area contributed by atoms with Crippen molar-refractivity contribution in [1.82, 2.24) is 15.3 Å². The minimum absolute atomic E-state index is 0. The second-order valence-electron chi connectivity index (χ2n) is 3.74. The van der Waals surface area contributed by atoms with Gasteiger partial charge in [0.05, 0.1) is 11.7 Å². The fourth-order valence-electron chi connectivity index (χ4n) is 1.49. The highest BCUT2D eigenvalue weighted by Gasteiger charge is 2.27. The Labute approximate surface area is 120 Å². The van der Waals surface area contributed by atoms with Crippen LogP contribution in [0, 0.1) is 0 Å². The van der Waals surface area contributed by atoms with E-state index >= 15 is 0 Å². The molecule has 5 nitrogen and oxygen atoms in total. The van der Waals surface area contributed by atoms with Crippen LogP contribution >= 0.6 is 24.8 Å². The monoisotopic (exact) mass is 294 g/mol. The molecule has 1 aromatic heterocycles. The molecule has 0 aromatic carbocycles. The van der Waals surface area contributed by atoms with Gasteiger partial charge in [-0.15, -0.1) is 24.8 Å². The Kier molecular flexibility index (Phi) is 9.80. The summed E-state index contributed by atoms with van der Waals surface area (Å²) in [5.74, 6) is -0.220. The normalized spacial score (nSPS) is 9.94. The maximum atomic E-state index is 11.9. The van der Waals surface area contributed by atoms with Crippen LogP contribution in [0.5, 0.6) is 0 Å². The SMILES string of the molecule is CCC(CC)(CN)NC(=O)c1cnccn1.Cl.Cl. The molecule has 1 aromatic rings. The first-order chi connectivity index (χ1) is 7.67. The van der Waals surface area contributed by atoms with Gasteiger partial charge in [-0.25, -0.2) is 4.98 Å². The van der Waals surface area contributed by atoms with Gasteiger partial charge in [0.1, 0.15) is 5.69 Å². The number of hydrogen-bond acceptors (Lipinski definition) is 4. The zero-order chi connectivity index (χ0) is 12.0. The predicted octanol–water partition coefficient (Wildman–Crippen LogP) is 1.57. The van der Waals surface area contributed by atoms with E-state index in [9.17, 15) is 4.79 Å². The second-order valence-corrected chi connectivity index (χ2v) is 3.74. The van der Waals surface area contributed by atoms with Crippen LogP contribution in [0.1, 0.15) is 37.2 Å². The number of rotatable bonds is 5. The predicted molar refractivity (Wildman–Crippen MR) is 76.4 cm³/mol. The highest BCUT2D eigenvalue weighted by molar-refractivity contribution is 5.92. The number of carbonyl (C=O) groups is 1. The lowest BCUT2D eigenvalue weighted by molar-refractivity contribution is 0.0889. The van der Waals surface area contributed by atoms with Gasteiger partial charge in [0, 0.05) is 18.9 Å². The molecule has 0 aliphatic rings. The number of amides is 1. The minimum atomic E-state index is -0.339. The van der Waals surface area contributed by atoms with Crippen molar-refractivity contribution in [3.63, 3.8) is 0 Å². The third-order valence-electron chi connectivity index (χ3n) is 2.92. The van der Waals surface area contributed by atoms with E-state index in [1.807, 2.05) is 13.8 Å².